The zero-order valence-corrected chi connectivity index (χ0v) is 13.6. The van der Waals surface area contributed by atoms with Crippen LogP contribution in [0.3, 0.4) is 0 Å². The van der Waals surface area contributed by atoms with Gasteiger partial charge in [-0.1, -0.05) is 35.5 Å². The van der Waals surface area contributed by atoms with Gasteiger partial charge in [-0.25, -0.2) is 0 Å². The van der Waals surface area contributed by atoms with E-state index in [9.17, 15) is 0 Å². The fourth-order valence-corrected chi connectivity index (χ4v) is 3.05. The van der Waals surface area contributed by atoms with E-state index in [1.807, 2.05) is 60.1 Å². The van der Waals surface area contributed by atoms with Crippen molar-refractivity contribution in [3.63, 3.8) is 0 Å². The molecule has 0 radical (unpaired) electrons. The molecule has 4 nitrogen and oxygen atoms in total. The highest BCUT2D eigenvalue weighted by atomic mass is 35.5. The highest BCUT2D eigenvalue weighted by Crippen LogP contribution is 2.26. The van der Waals surface area contributed by atoms with Crippen LogP contribution < -0.4 is 5.73 Å². The molecule has 112 valence electrons. The molecule has 2 N–H and O–H groups in total. The van der Waals surface area contributed by atoms with Gasteiger partial charge in [0.15, 0.2) is 11.0 Å². The van der Waals surface area contributed by atoms with E-state index in [0.717, 1.165) is 33.0 Å². The second-order valence-electron chi connectivity index (χ2n) is 4.90. The molecular formula is C16H15ClN4S. The van der Waals surface area contributed by atoms with Crippen LogP contribution >= 0.6 is 23.4 Å². The maximum absolute atomic E-state index is 5.89. The van der Waals surface area contributed by atoms with Crippen LogP contribution in [-0.2, 0) is 12.8 Å². The number of hydrogen-bond donors (Lipinski definition) is 1. The zero-order chi connectivity index (χ0) is 15.5. The lowest BCUT2D eigenvalue weighted by Crippen LogP contribution is -1.95. The van der Waals surface area contributed by atoms with Crippen LogP contribution in [0.15, 0.2) is 53.7 Å². The van der Waals surface area contributed by atoms with E-state index in [0.29, 0.717) is 0 Å². The van der Waals surface area contributed by atoms with E-state index < -0.39 is 0 Å². The maximum Gasteiger partial charge on any atom is 0.191 e. The molecule has 22 heavy (non-hydrogen) atoms. The van der Waals surface area contributed by atoms with Gasteiger partial charge in [0.1, 0.15) is 0 Å². The van der Waals surface area contributed by atoms with Gasteiger partial charge in [-0.15, -0.1) is 10.2 Å². The Kier molecular flexibility index (Phi) is 4.36. The summed E-state index contributed by atoms with van der Waals surface area (Å²) >= 11 is 7.54. The third kappa shape index (κ3) is 3.26. The van der Waals surface area contributed by atoms with Crippen molar-refractivity contribution in [3.05, 3.63) is 59.1 Å². The first kappa shape index (κ1) is 14.9. The molecule has 1 aromatic heterocycles. The minimum absolute atomic E-state index is 0.739. The fourth-order valence-electron chi connectivity index (χ4n) is 2.05. The lowest BCUT2D eigenvalue weighted by Gasteiger charge is -2.04. The molecule has 0 fully saturated rings. The van der Waals surface area contributed by atoms with E-state index in [1.165, 1.54) is 5.56 Å². The van der Waals surface area contributed by atoms with Crippen molar-refractivity contribution in [3.8, 4) is 11.4 Å². The van der Waals surface area contributed by atoms with Crippen LogP contribution in [0, 0.1) is 0 Å². The number of nitrogens with zero attached hydrogens (tertiary/aromatic N) is 3. The first-order valence-corrected chi connectivity index (χ1v) is 8.12. The largest absolute Gasteiger partial charge is 0.399 e. The normalized spacial score (nSPS) is 10.8. The minimum Gasteiger partial charge on any atom is -0.399 e. The molecule has 0 unspecified atom stereocenters. The highest BCUT2D eigenvalue weighted by Gasteiger charge is 2.11. The zero-order valence-electron chi connectivity index (χ0n) is 12.0. The molecule has 0 aliphatic rings. The summed E-state index contributed by atoms with van der Waals surface area (Å²) in [6.45, 7) is 0. The maximum atomic E-state index is 5.89. The summed E-state index contributed by atoms with van der Waals surface area (Å²) < 4.78 is 1.99. The van der Waals surface area contributed by atoms with Gasteiger partial charge in [0.2, 0.25) is 0 Å². The molecule has 3 rings (SSSR count). The summed E-state index contributed by atoms with van der Waals surface area (Å²) in [5.74, 6) is 1.66. The predicted molar refractivity (Wildman–Crippen MR) is 91.9 cm³/mol. The standard InChI is InChI=1S/C16H15ClN4S/c1-21-15(12-4-8-14(18)9-5-12)19-20-16(21)22-10-11-2-6-13(17)7-3-11/h2-9H,10,18H2,1H3. The first-order chi connectivity index (χ1) is 10.6. The van der Waals surface area contributed by atoms with Gasteiger partial charge in [0.05, 0.1) is 0 Å². The highest BCUT2D eigenvalue weighted by molar-refractivity contribution is 7.98. The SMILES string of the molecule is Cn1c(SCc2ccc(Cl)cc2)nnc1-c1ccc(N)cc1. The van der Waals surface area contributed by atoms with Crippen LogP contribution in [0.5, 0.6) is 0 Å². The summed E-state index contributed by atoms with van der Waals surface area (Å²) in [5.41, 5.74) is 8.66. The van der Waals surface area contributed by atoms with E-state index in [4.69, 9.17) is 17.3 Å². The van der Waals surface area contributed by atoms with Gasteiger partial charge in [-0.2, -0.15) is 0 Å². The molecule has 0 spiro atoms. The number of halogens is 1. The van der Waals surface area contributed by atoms with E-state index in [1.54, 1.807) is 11.8 Å². The number of thioether (sulfide) groups is 1. The number of nitrogen functional groups attached to an aromatic ring is 1. The van der Waals surface area contributed by atoms with Crippen molar-refractivity contribution in [2.24, 2.45) is 7.05 Å². The summed E-state index contributed by atoms with van der Waals surface area (Å²) in [6, 6.07) is 15.5. The third-order valence-corrected chi connectivity index (χ3v) is 4.63. The Morgan fingerprint density at radius 1 is 1.05 bits per heavy atom. The molecule has 1 heterocycles. The van der Waals surface area contributed by atoms with Gasteiger partial charge < -0.3 is 10.3 Å². The first-order valence-electron chi connectivity index (χ1n) is 6.76. The van der Waals surface area contributed by atoms with Crippen molar-refractivity contribution in [1.82, 2.24) is 14.8 Å². The van der Waals surface area contributed by atoms with Crippen molar-refractivity contribution in [2.75, 3.05) is 5.73 Å². The number of rotatable bonds is 4. The Morgan fingerprint density at radius 2 is 1.73 bits per heavy atom. The third-order valence-electron chi connectivity index (χ3n) is 3.28. The van der Waals surface area contributed by atoms with E-state index >= 15 is 0 Å². The molecule has 0 amide bonds. The second-order valence-corrected chi connectivity index (χ2v) is 6.28. The quantitative estimate of drug-likeness (QED) is 0.580. The molecule has 3 aromatic rings. The van der Waals surface area contributed by atoms with Crippen LogP contribution in [-0.4, -0.2) is 14.8 Å². The molecule has 0 atom stereocenters. The van der Waals surface area contributed by atoms with Crippen LogP contribution in [0.1, 0.15) is 5.56 Å². The Morgan fingerprint density at radius 3 is 2.41 bits per heavy atom. The lowest BCUT2D eigenvalue weighted by atomic mass is 10.2. The van der Waals surface area contributed by atoms with Crippen molar-refractivity contribution in [2.45, 2.75) is 10.9 Å². The Hall–Kier alpha value is -1.98. The summed E-state index contributed by atoms with van der Waals surface area (Å²) in [5, 5.41) is 10.2. The number of benzene rings is 2. The minimum atomic E-state index is 0.739. The van der Waals surface area contributed by atoms with Crippen LogP contribution in [0.25, 0.3) is 11.4 Å². The number of hydrogen-bond acceptors (Lipinski definition) is 4. The van der Waals surface area contributed by atoms with Crippen molar-refractivity contribution in [1.29, 1.82) is 0 Å². The average Bonchev–Trinajstić information content (AvgIpc) is 2.89. The second kappa shape index (κ2) is 6.42. The number of aromatic nitrogens is 3. The Labute approximate surface area is 138 Å². The van der Waals surface area contributed by atoms with Gasteiger partial charge in [-0.3, -0.25) is 0 Å². The van der Waals surface area contributed by atoms with Gasteiger partial charge in [0, 0.05) is 29.1 Å². The van der Waals surface area contributed by atoms with E-state index in [-0.39, 0.29) is 0 Å². The Balaban J connectivity index is 1.75. The smallest absolute Gasteiger partial charge is 0.191 e. The van der Waals surface area contributed by atoms with Gasteiger partial charge >= 0.3 is 0 Å². The van der Waals surface area contributed by atoms with Crippen molar-refractivity contribution < 1.29 is 0 Å². The molecular weight excluding hydrogens is 316 g/mol. The predicted octanol–water partition coefficient (Wildman–Crippen LogP) is 4.01. The van der Waals surface area contributed by atoms with E-state index in [2.05, 4.69) is 10.2 Å². The lowest BCUT2D eigenvalue weighted by molar-refractivity contribution is 0.794. The molecule has 0 bridgehead atoms. The average molecular weight is 331 g/mol. The summed E-state index contributed by atoms with van der Waals surface area (Å²) in [4.78, 5) is 0. The fraction of sp³-hybridized carbons (Fsp3) is 0.125. The summed E-state index contributed by atoms with van der Waals surface area (Å²) in [6.07, 6.45) is 0. The molecule has 6 heteroatoms. The molecule has 0 aliphatic carbocycles. The van der Waals surface area contributed by atoms with Gasteiger partial charge in [-0.05, 0) is 42.0 Å². The molecule has 0 aliphatic heterocycles. The van der Waals surface area contributed by atoms with Crippen LogP contribution in [0.2, 0.25) is 5.02 Å². The number of nitrogens with two attached hydrogens (primary N) is 1. The Bertz CT molecular complexity index is 766. The molecule has 0 saturated carbocycles. The monoisotopic (exact) mass is 330 g/mol. The molecule has 2 aromatic carbocycles. The van der Waals surface area contributed by atoms with Crippen LogP contribution in [0.4, 0.5) is 5.69 Å². The van der Waals surface area contributed by atoms with Gasteiger partial charge in [0.25, 0.3) is 0 Å². The summed E-state index contributed by atoms with van der Waals surface area (Å²) in [7, 11) is 1.97. The topological polar surface area (TPSA) is 56.7 Å². The number of anilines is 1. The molecule has 0 saturated heterocycles. The van der Waals surface area contributed by atoms with Crippen molar-refractivity contribution >= 4 is 29.1 Å².